The van der Waals surface area contributed by atoms with Gasteiger partial charge in [0.05, 0.1) is 0 Å². The lowest BCUT2D eigenvalue weighted by atomic mass is 9.97. The lowest BCUT2D eigenvalue weighted by Crippen LogP contribution is -2.34. The standard InChI is InChI=1S/C17H18N2O/c18-15-9-8-14-7-4-10-19(16(14)11-15)17(12-20)13-5-2-1-3-6-13/h1-3,5-6,8-9,11-12,17H,4,7,10,18H2. The molecular formula is C17H18N2O. The summed E-state index contributed by atoms with van der Waals surface area (Å²) in [5.74, 6) is 0. The van der Waals surface area contributed by atoms with Gasteiger partial charge in [-0.1, -0.05) is 36.4 Å². The van der Waals surface area contributed by atoms with Crippen molar-refractivity contribution in [2.75, 3.05) is 17.2 Å². The SMILES string of the molecule is Nc1ccc2c(c1)N(C(C=O)c1ccccc1)CCC2. The van der Waals surface area contributed by atoms with Crippen LogP contribution in [0.1, 0.15) is 23.6 Å². The van der Waals surface area contributed by atoms with Crippen molar-refractivity contribution >= 4 is 17.7 Å². The molecule has 1 aliphatic heterocycles. The summed E-state index contributed by atoms with van der Waals surface area (Å²) in [6.45, 7) is 0.884. The topological polar surface area (TPSA) is 46.3 Å². The molecule has 2 aromatic rings. The van der Waals surface area contributed by atoms with Crippen molar-refractivity contribution in [3.8, 4) is 0 Å². The number of benzene rings is 2. The van der Waals surface area contributed by atoms with E-state index in [4.69, 9.17) is 5.73 Å². The van der Waals surface area contributed by atoms with E-state index in [9.17, 15) is 4.79 Å². The van der Waals surface area contributed by atoms with Gasteiger partial charge < -0.3 is 15.4 Å². The first-order valence-electron chi connectivity index (χ1n) is 6.95. The molecule has 3 rings (SSSR count). The Balaban J connectivity index is 2.02. The summed E-state index contributed by atoms with van der Waals surface area (Å²) in [7, 11) is 0. The average molecular weight is 266 g/mol. The summed E-state index contributed by atoms with van der Waals surface area (Å²) < 4.78 is 0. The zero-order valence-corrected chi connectivity index (χ0v) is 11.3. The molecule has 2 aromatic carbocycles. The number of aldehydes is 1. The monoisotopic (exact) mass is 266 g/mol. The summed E-state index contributed by atoms with van der Waals surface area (Å²) in [5, 5.41) is 0. The van der Waals surface area contributed by atoms with Crippen LogP contribution in [-0.2, 0) is 11.2 Å². The van der Waals surface area contributed by atoms with Crippen molar-refractivity contribution in [2.24, 2.45) is 0 Å². The molecule has 3 heteroatoms. The quantitative estimate of drug-likeness (QED) is 0.686. The molecule has 1 heterocycles. The third-order valence-electron chi connectivity index (χ3n) is 3.87. The lowest BCUT2D eigenvalue weighted by molar-refractivity contribution is -0.109. The highest BCUT2D eigenvalue weighted by atomic mass is 16.1. The molecule has 0 aliphatic carbocycles. The number of hydrogen-bond acceptors (Lipinski definition) is 3. The fourth-order valence-corrected chi connectivity index (χ4v) is 2.89. The Morgan fingerprint density at radius 1 is 1.15 bits per heavy atom. The van der Waals surface area contributed by atoms with E-state index < -0.39 is 0 Å². The minimum Gasteiger partial charge on any atom is -0.399 e. The van der Waals surface area contributed by atoms with Crippen LogP contribution in [-0.4, -0.2) is 12.8 Å². The number of fused-ring (bicyclic) bond motifs is 1. The van der Waals surface area contributed by atoms with E-state index >= 15 is 0 Å². The molecule has 0 amide bonds. The molecular weight excluding hydrogens is 248 g/mol. The molecule has 0 saturated carbocycles. The second-order valence-corrected chi connectivity index (χ2v) is 5.18. The fraction of sp³-hybridized carbons (Fsp3) is 0.235. The maximum Gasteiger partial charge on any atom is 0.146 e. The highest BCUT2D eigenvalue weighted by molar-refractivity contribution is 5.72. The summed E-state index contributed by atoms with van der Waals surface area (Å²) in [6, 6.07) is 15.6. The van der Waals surface area contributed by atoms with Crippen LogP contribution in [0.3, 0.4) is 0 Å². The number of nitrogen functional groups attached to an aromatic ring is 1. The van der Waals surface area contributed by atoms with Crippen LogP contribution in [0.15, 0.2) is 48.5 Å². The number of hydrogen-bond donors (Lipinski definition) is 1. The number of carbonyl (C=O) groups is 1. The third-order valence-corrected chi connectivity index (χ3v) is 3.87. The lowest BCUT2D eigenvalue weighted by Gasteiger charge is -2.35. The molecule has 0 spiro atoms. The van der Waals surface area contributed by atoms with E-state index in [0.717, 1.165) is 42.6 Å². The van der Waals surface area contributed by atoms with Crippen LogP contribution in [0.4, 0.5) is 11.4 Å². The molecule has 2 N–H and O–H groups in total. The maximum atomic E-state index is 11.6. The van der Waals surface area contributed by atoms with E-state index in [-0.39, 0.29) is 6.04 Å². The minimum absolute atomic E-state index is 0.239. The van der Waals surface area contributed by atoms with Gasteiger partial charge in [0.1, 0.15) is 12.3 Å². The minimum atomic E-state index is -0.239. The largest absolute Gasteiger partial charge is 0.399 e. The van der Waals surface area contributed by atoms with Crippen molar-refractivity contribution < 1.29 is 4.79 Å². The first-order chi connectivity index (χ1) is 9.79. The van der Waals surface area contributed by atoms with E-state index in [0.29, 0.717) is 0 Å². The zero-order chi connectivity index (χ0) is 13.9. The normalized spacial score (nSPS) is 15.5. The number of nitrogens with two attached hydrogens (primary N) is 1. The molecule has 0 aromatic heterocycles. The van der Waals surface area contributed by atoms with Gasteiger partial charge in [0.15, 0.2) is 0 Å². The number of aryl methyl sites for hydroxylation is 1. The Bertz CT molecular complexity index is 610. The predicted octanol–water partition coefficient (Wildman–Crippen LogP) is 2.96. The molecule has 3 nitrogen and oxygen atoms in total. The molecule has 1 atom stereocenters. The van der Waals surface area contributed by atoms with Crippen molar-refractivity contribution in [1.29, 1.82) is 0 Å². The molecule has 20 heavy (non-hydrogen) atoms. The molecule has 1 aliphatic rings. The van der Waals surface area contributed by atoms with Crippen molar-refractivity contribution in [3.63, 3.8) is 0 Å². The van der Waals surface area contributed by atoms with Crippen LogP contribution in [0.25, 0.3) is 0 Å². The highest BCUT2D eigenvalue weighted by Gasteiger charge is 2.25. The van der Waals surface area contributed by atoms with Crippen LogP contribution >= 0.6 is 0 Å². The van der Waals surface area contributed by atoms with Gasteiger partial charge in [-0.05, 0) is 36.1 Å². The Hall–Kier alpha value is -2.29. The predicted molar refractivity (Wildman–Crippen MR) is 81.8 cm³/mol. The molecule has 0 radical (unpaired) electrons. The second kappa shape index (κ2) is 5.37. The number of anilines is 2. The van der Waals surface area contributed by atoms with Crippen LogP contribution in [0, 0.1) is 0 Å². The summed E-state index contributed by atoms with van der Waals surface area (Å²) >= 11 is 0. The van der Waals surface area contributed by atoms with E-state index in [1.54, 1.807) is 0 Å². The van der Waals surface area contributed by atoms with Crippen molar-refractivity contribution in [2.45, 2.75) is 18.9 Å². The third kappa shape index (κ3) is 2.27. The Morgan fingerprint density at radius 3 is 2.70 bits per heavy atom. The fourth-order valence-electron chi connectivity index (χ4n) is 2.89. The van der Waals surface area contributed by atoms with Crippen molar-refractivity contribution in [3.05, 3.63) is 59.7 Å². The molecule has 1 unspecified atom stereocenters. The van der Waals surface area contributed by atoms with Gasteiger partial charge in [-0.3, -0.25) is 0 Å². The molecule has 0 fully saturated rings. The first kappa shape index (κ1) is 12.7. The van der Waals surface area contributed by atoms with E-state index in [1.807, 2.05) is 42.5 Å². The van der Waals surface area contributed by atoms with Gasteiger partial charge >= 0.3 is 0 Å². The summed E-state index contributed by atoms with van der Waals surface area (Å²) in [6.07, 6.45) is 3.13. The van der Waals surface area contributed by atoms with Gasteiger partial charge in [-0.15, -0.1) is 0 Å². The maximum absolute atomic E-state index is 11.6. The number of nitrogens with zero attached hydrogens (tertiary/aromatic N) is 1. The van der Waals surface area contributed by atoms with E-state index in [2.05, 4.69) is 11.0 Å². The van der Waals surface area contributed by atoms with Crippen LogP contribution in [0.2, 0.25) is 0 Å². The first-order valence-corrected chi connectivity index (χ1v) is 6.95. The van der Waals surface area contributed by atoms with Crippen LogP contribution < -0.4 is 10.6 Å². The summed E-state index contributed by atoms with van der Waals surface area (Å²) in [4.78, 5) is 13.8. The number of rotatable bonds is 3. The van der Waals surface area contributed by atoms with Crippen LogP contribution in [0.5, 0.6) is 0 Å². The summed E-state index contributed by atoms with van der Waals surface area (Å²) in [5.41, 5.74) is 10.0. The van der Waals surface area contributed by atoms with Gasteiger partial charge in [0.25, 0.3) is 0 Å². The smallest absolute Gasteiger partial charge is 0.146 e. The Kier molecular flexibility index (Phi) is 3.42. The Morgan fingerprint density at radius 2 is 1.95 bits per heavy atom. The second-order valence-electron chi connectivity index (χ2n) is 5.18. The Labute approximate surface area is 119 Å². The highest BCUT2D eigenvalue weighted by Crippen LogP contribution is 2.34. The van der Waals surface area contributed by atoms with Crippen molar-refractivity contribution in [1.82, 2.24) is 0 Å². The van der Waals surface area contributed by atoms with Gasteiger partial charge in [0, 0.05) is 17.9 Å². The molecule has 0 saturated heterocycles. The van der Waals surface area contributed by atoms with Gasteiger partial charge in [-0.25, -0.2) is 0 Å². The molecule has 0 bridgehead atoms. The number of carbonyl (C=O) groups excluding carboxylic acids is 1. The van der Waals surface area contributed by atoms with E-state index in [1.165, 1.54) is 5.56 Å². The molecule has 102 valence electrons. The van der Waals surface area contributed by atoms with Gasteiger partial charge in [-0.2, -0.15) is 0 Å². The average Bonchev–Trinajstić information content (AvgIpc) is 2.49. The van der Waals surface area contributed by atoms with Gasteiger partial charge in [0.2, 0.25) is 0 Å². The zero-order valence-electron chi connectivity index (χ0n) is 11.3.